The van der Waals surface area contributed by atoms with Gasteiger partial charge in [-0.25, -0.2) is 4.99 Å². The molecule has 0 amide bonds. The van der Waals surface area contributed by atoms with E-state index >= 15 is 0 Å². The van der Waals surface area contributed by atoms with Crippen molar-refractivity contribution in [1.29, 1.82) is 0 Å². The van der Waals surface area contributed by atoms with E-state index < -0.39 is 0 Å². The van der Waals surface area contributed by atoms with Gasteiger partial charge in [-0.05, 0) is 25.0 Å². The minimum absolute atomic E-state index is 0.866. The van der Waals surface area contributed by atoms with Crippen LogP contribution >= 0.6 is 11.8 Å². The summed E-state index contributed by atoms with van der Waals surface area (Å²) in [6, 6.07) is 10.1. The van der Waals surface area contributed by atoms with E-state index in [0.29, 0.717) is 0 Å². The van der Waals surface area contributed by atoms with E-state index in [9.17, 15) is 0 Å². The lowest BCUT2D eigenvalue weighted by atomic mass is 10.3. The quantitative estimate of drug-likeness (QED) is 0.588. The molecule has 0 aromatic heterocycles. The molecule has 0 saturated carbocycles. The van der Waals surface area contributed by atoms with Crippen LogP contribution < -0.4 is 0 Å². The Morgan fingerprint density at radius 2 is 1.85 bits per heavy atom. The molecule has 5 heteroatoms. The van der Waals surface area contributed by atoms with Gasteiger partial charge in [0, 0.05) is 32.4 Å². The number of likely N-dealkylation sites (tertiary alicyclic amines) is 1. The highest BCUT2D eigenvalue weighted by molar-refractivity contribution is 8.14. The van der Waals surface area contributed by atoms with Gasteiger partial charge in [-0.3, -0.25) is 0 Å². The zero-order valence-corrected chi connectivity index (χ0v) is 12.6. The standard InChI is InChI=1S/C15H20N4S/c1-18-11-12-20-15(18)17-14(19-9-5-6-10-19)16-13-7-3-2-4-8-13/h2-4,7-8H,5-6,9-12H2,1H3/b16-14?,17-15+. The third-order valence-corrected chi connectivity index (χ3v) is 4.60. The molecule has 2 fully saturated rings. The summed E-state index contributed by atoms with van der Waals surface area (Å²) < 4.78 is 0. The lowest BCUT2D eigenvalue weighted by Gasteiger charge is -2.18. The average molecular weight is 288 g/mol. The van der Waals surface area contributed by atoms with Crippen LogP contribution in [0, 0.1) is 0 Å². The maximum Gasteiger partial charge on any atom is 0.228 e. The van der Waals surface area contributed by atoms with Crippen LogP contribution in [0.25, 0.3) is 0 Å². The zero-order chi connectivity index (χ0) is 13.8. The Labute approximate surface area is 124 Å². The van der Waals surface area contributed by atoms with Crippen molar-refractivity contribution in [3.8, 4) is 0 Å². The van der Waals surface area contributed by atoms with Gasteiger partial charge in [0.2, 0.25) is 5.96 Å². The Balaban J connectivity index is 1.89. The van der Waals surface area contributed by atoms with E-state index in [-0.39, 0.29) is 0 Å². The number of para-hydroxylation sites is 1. The van der Waals surface area contributed by atoms with Crippen molar-refractivity contribution in [3.63, 3.8) is 0 Å². The molecule has 2 saturated heterocycles. The molecule has 20 heavy (non-hydrogen) atoms. The predicted octanol–water partition coefficient (Wildman–Crippen LogP) is 2.80. The molecule has 3 rings (SSSR count). The molecule has 2 aliphatic heterocycles. The van der Waals surface area contributed by atoms with Gasteiger partial charge in [-0.1, -0.05) is 30.0 Å². The summed E-state index contributed by atoms with van der Waals surface area (Å²) in [5.41, 5.74) is 0.976. The molecule has 0 aliphatic carbocycles. The summed E-state index contributed by atoms with van der Waals surface area (Å²) >= 11 is 1.82. The summed E-state index contributed by atoms with van der Waals surface area (Å²) in [5.74, 6) is 1.98. The van der Waals surface area contributed by atoms with Crippen LogP contribution in [0.3, 0.4) is 0 Å². The molecule has 4 nitrogen and oxygen atoms in total. The molecule has 1 aromatic rings. The third kappa shape index (κ3) is 3.15. The number of aliphatic imine (C=N–C) groups is 2. The number of rotatable bonds is 1. The number of benzene rings is 1. The van der Waals surface area contributed by atoms with E-state index in [0.717, 1.165) is 42.2 Å². The molecule has 2 heterocycles. The van der Waals surface area contributed by atoms with Crippen LogP contribution in [0.2, 0.25) is 0 Å². The fourth-order valence-corrected chi connectivity index (χ4v) is 3.39. The zero-order valence-electron chi connectivity index (χ0n) is 11.8. The number of thioether (sulfide) groups is 1. The molecule has 0 radical (unpaired) electrons. The van der Waals surface area contributed by atoms with E-state index in [1.807, 2.05) is 42.1 Å². The van der Waals surface area contributed by atoms with Crippen LogP contribution in [0.15, 0.2) is 40.3 Å². The van der Waals surface area contributed by atoms with Crippen LogP contribution in [-0.2, 0) is 0 Å². The number of hydrogen-bond acceptors (Lipinski definition) is 2. The van der Waals surface area contributed by atoms with Crippen molar-refractivity contribution < 1.29 is 0 Å². The minimum atomic E-state index is 0.866. The Morgan fingerprint density at radius 1 is 1.10 bits per heavy atom. The first kappa shape index (κ1) is 13.5. The van der Waals surface area contributed by atoms with Gasteiger partial charge in [-0.15, -0.1) is 0 Å². The van der Waals surface area contributed by atoms with Crippen molar-refractivity contribution in [2.45, 2.75) is 12.8 Å². The Morgan fingerprint density at radius 3 is 2.50 bits per heavy atom. The Bertz CT molecular complexity index is 506. The fourth-order valence-electron chi connectivity index (χ4n) is 2.38. The topological polar surface area (TPSA) is 31.2 Å². The van der Waals surface area contributed by atoms with E-state index in [4.69, 9.17) is 9.98 Å². The molecule has 0 N–H and O–H groups in total. The van der Waals surface area contributed by atoms with Gasteiger partial charge >= 0.3 is 0 Å². The maximum absolute atomic E-state index is 4.82. The second-order valence-corrected chi connectivity index (χ2v) is 6.17. The average Bonchev–Trinajstić information content (AvgIpc) is 3.12. The number of nitrogens with zero attached hydrogens (tertiary/aromatic N) is 4. The summed E-state index contributed by atoms with van der Waals surface area (Å²) in [7, 11) is 2.10. The van der Waals surface area contributed by atoms with E-state index in [1.165, 1.54) is 12.8 Å². The molecular weight excluding hydrogens is 268 g/mol. The minimum Gasteiger partial charge on any atom is -0.353 e. The van der Waals surface area contributed by atoms with Crippen molar-refractivity contribution in [3.05, 3.63) is 30.3 Å². The monoisotopic (exact) mass is 288 g/mol. The van der Waals surface area contributed by atoms with Gasteiger partial charge in [0.25, 0.3) is 0 Å². The van der Waals surface area contributed by atoms with Gasteiger partial charge in [0.05, 0.1) is 5.69 Å². The summed E-state index contributed by atoms with van der Waals surface area (Å²) in [6.07, 6.45) is 2.48. The smallest absolute Gasteiger partial charge is 0.228 e. The third-order valence-electron chi connectivity index (χ3n) is 3.55. The number of guanidine groups is 1. The maximum atomic E-state index is 4.82. The van der Waals surface area contributed by atoms with Gasteiger partial charge < -0.3 is 9.80 Å². The van der Waals surface area contributed by atoms with Crippen molar-refractivity contribution in [1.82, 2.24) is 9.80 Å². The van der Waals surface area contributed by atoms with Crippen molar-refractivity contribution >= 4 is 28.6 Å². The molecule has 106 valence electrons. The fraction of sp³-hybridized carbons (Fsp3) is 0.467. The van der Waals surface area contributed by atoms with E-state index in [1.54, 1.807) is 0 Å². The first-order valence-corrected chi connectivity index (χ1v) is 8.13. The van der Waals surface area contributed by atoms with Crippen LogP contribution in [0.5, 0.6) is 0 Å². The molecular formula is C15H20N4S. The van der Waals surface area contributed by atoms with Crippen molar-refractivity contribution in [2.24, 2.45) is 9.98 Å². The summed E-state index contributed by atoms with van der Waals surface area (Å²) in [6.45, 7) is 3.20. The lowest BCUT2D eigenvalue weighted by molar-refractivity contribution is 0.510. The number of amidine groups is 1. The molecule has 2 aliphatic rings. The van der Waals surface area contributed by atoms with Crippen molar-refractivity contribution in [2.75, 3.05) is 32.4 Å². The normalized spacial score (nSPS) is 22.1. The SMILES string of the molecule is CN1CCS/C1=N/C(=Nc1ccccc1)N1CCCC1. The first-order chi connectivity index (χ1) is 9.83. The molecule has 0 spiro atoms. The first-order valence-electron chi connectivity index (χ1n) is 7.14. The van der Waals surface area contributed by atoms with Gasteiger partial charge in [0.15, 0.2) is 5.17 Å². The second-order valence-electron chi connectivity index (χ2n) is 5.11. The largest absolute Gasteiger partial charge is 0.353 e. The second kappa shape index (κ2) is 6.31. The molecule has 0 atom stereocenters. The highest BCUT2D eigenvalue weighted by atomic mass is 32.2. The van der Waals surface area contributed by atoms with Crippen LogP contribution in [0.4, 0.5) is 5.69 Å². The predicted molar refractivity (Wildman–Crippen MR) is 86.9 cm³/mol. The highest BCUT2D eigenvalue weighted by Crippen LogP contribution is 2.20. The van der Waals surface area contributed by atoms with Gasteiger partial charge in [-0.2, -0.15) is 4.99 Å². The van der Waals surface area contributed by atoms with E-state index in [2.05, 4.69) is 16.8 Å². The van der Waals surface area contributed by atoms with Crippen LogP contribution in [0.1, 0.15) is 12.8 Å². The molecule has 0 unspecified atom stereocenters. The summed E-state index contributed by atoms with van der Waals surface area (Å²) in [4.78, 5) is 14.1. The molecule has 1 aromatic carbocycles. The highest BCUT2D eigenvalue weighted by Gasteiger charge is 2.20. The number of hydrogen-bond donors (Lipinski definition) is 0. The van der Waals surface area contributed by atoms with Crippen LogP contribution in [-0.4, -0.2) is 53.4 Å². The lowest BCUT2D eigenvalue weighted by Crippen LogP contribution is -2.29. The Hall–Kier alpha value is -1.49. The Kier molecular flexibility index (Phi) is 4.25. The van der Waals surface area contributed by atoms with Gasteiger partial charge in [0.1, 0.15) is 0 Å². The summed E-state index contributed by atoms with van der Waals surface area (Å²) in [5, 5.41) is 1.09. The molecule has 0 bridgehead atoms.